The molecule has 96 valence electrons. The van der Waals surface area contributed by atoms with Crippen LogP contribution in [0, 0.1) is 13.8 Å². The molecule has 0 aromatic carbocycles. The Bertz CT molecular complexity index is 715. The molecule has 19 heavy (non-hydrogen) atoms. The molecular weight excluding hydrogens is 258 g/mol. The Kier molecular flexibility index (Phi) is 2.79. The van der Waals surface area contributed by atoms with E-state index in [9.17, 15) is 0 Å². The second-order valence-corrected chi connectivity index (χ2v) is 5.24. The van der Waals surface area contributed by atoms with Crippen LogP contribution >= 0.6 is 11.3 Å². The topological polar surface area (TPSA) is 69.6 Å². The predicted molar refractivity (Wildman–Crippen MR) is 76.4 cm³/mol. The van der Waals surface area contributed by atoms with Crippen LogP contribution in [0.1, 0.15) is 11.4 Å². The van der Waals surface area contributed by atoms with Crippen LogP contribution in [0.4, 0.5) is 5.82 Å². The van der Waals surface area contributed by atoms with Gasteiger partial charge >= 0.3 is 0 Å². The average Bonchev–Trinajstić information content (AvgIpc) is 2.98. The molecule has 6 heteroatoms. The van der Waals surface area contributed by atoms with Gasteiger partial charge < -0.3 is 5.73 Å². The quantitative estimate of drug-likeness (QED) is 0.777. The Morgan fingerprint density at radius 1 is 1.21 bits per heavy atom. The van der Waals surface area contributed by atoms with E-state index in [1.807, 2.05) is 37.4 Å². The first-order valence-corrected chi connectivity index (χ1v) is 6.73. The molecule has 0 saturated heterocycles. The number of nitrogens with two attached hydrogens (primary N) is 1. The van der Waals surface area contributed by atoms with Crippen LogP contribution in [0.25, 0.3) is 16.5 Å². The van der Waals surface area contributed by atoms with Crippen LogP contribution < -0.4 is 5.73 Å². The van der Waals surface area contributed by atoms with Gasteiger partial charge in [-0.2, -0.15) is 5.10 Å². The summed E-state index contributed by atoms with van der Waals surface area (Å²) in [5.74, 6) is 1.78. The Morgan fingerprint density at radius 2 is 2.05 bits per heavy atom. The smallest absolute Gasteiger partial charge is 0.173 e. The molecule has 0 atom stereocenters. The Balaban J connectivity index is 2.15. The van der Waals surface area contributed by atoms with Crippen molar-refractivity contribution in [1.29, 1.82) is 0 Å². The molecule has 0 unspecified atom stereocenters. The van der Waals surface area contributed by atoms with Crippen molar-refractivity contribution in [3.63, 3.8) is 0 Å². The highest BCUT2D eigenvalue weighted by Crippen LogP contribution is 2.23. The zero-order valence-corrected chi connectivity index (χ0v) is 11.5. The largest absolute Gasteiger partial charge is 0.384 e. The van der Waals surface area contributed by atoms with Gasteiger partial charge in [-0.3, -0.25) is 0 Å². The summed E-state index contributed by atoms with van der Waals surface area (Å²) >= 11 is 1.59. The molecule has 2 N–H and O–H groups in total. The third-order valence-corrected chi connectivity index (χ3v) is 3.57. The minimum Gasteiger partial charge on any atom is -0.384 e. The fraction of sp³-hybridized carbons (Fsp3) is 0.154. The summed E-state index contributed by atoms with van der Waals surface area (Å²) in [6, 6.07) is 7.68. The highest BCUT2D eigenvalue weighted by Gasteiger charge is 2.10. The molecule has 3 heterocycles. The van der Waals surface area contributed by atoms with Crippen molar-refractivity contribution in [2.75, 3.05) is 5.73 Å². The first-order valence-electron chi connectivity index (χ1n) is 5.85. The lowest BCUT2D eigenvalue weighted by atomic mass is 10.4. The maximum Gasteiger partial charge on any atom is 0.173 e. The molecule has 3 aromatic rings. The van der Waals surface area contributed by atoms with Gasteiger partial charge in [-0.25, -0.2) is 14.6 Å². The second kappa shape index (κ2) is 4.47. The number of rotatable bonds is 2. The van der Waals surface area contributed by atoms with Gasteiger partial charge in [0.1, 0.15) is 5.82 Å². The molecule has 3 aromatic heterocycles. The summed E-state index contributed by atoms with van der Waals surface area (Å²) in [4.78, 5) is 9.81. The summed E-state index contributed by atoms with van der Waals surface area (Å²) in [6.45, 7) is 3.94. The molecule has 0 bridgehead atoms. The van der Waals surface area contributed by atoms with Gasteiger partial charge in [0.15, 0.2) is 11.6 Å². The van der Waals surface area contributed by atoms with Gasteiger partial charge in [-0.05, 0) is 31.4 Å². The second-order valence-electron chi connectivity index (χ2n) is 4.29. The third kappa shape index (κ3) is 2.22. The summed E-state index contributed by atoms with van der Waals surface area (Å²) in [5, 5.41) is 6.41. The molecule has 0 amide bonds. The molecule has 0 saturated carbocycles. The summed E-state index contributed by atoms with van der Waals surface area (Å²) < 4.78 is 1.78. The molecule has 0 fully saturated rings. The van der Waals surface area contributed by atoms with E-state index in [0.29, 0.717) is 17.5 Å². The van der Waals surface area contributed by atoms with E-state index in [4.69, 9.17) is 5.73 Å². The van der Waals surface area contributed by atoms with Gasteiger partial charge in [-0.1, -0.05) is 6.07 Å². The van der Waals surface area contributed by atoms with E-state index in [1.165, 1.54) is 0 Å². The number of thiophene rings is 1. The van der Waals surface area contributed by atoms with Crippen LogP contribution in [-0.2, 0) is 0 Å². The van der Waals surface area contributed by atoms with E-state index in [1.54, 1.807) is 22.1 Å². The first kappa shape index (κ1) is 11.9. The average molecular weight is 271 g/mol. The number of aromatic nitrogens is 4. The zero-order valence-electron chi connectivity index (χ0n) is 10.7. The molecule has 0 aliphatic carbocycles. The maximum absolute atomic E-state index is 5.87. The lowest BCUT2D eigenvalue weighted by molar-refractivity contribution is 0.804. The molecule has 5 nitrogen and oxygen atoms in total. The van der Waals surface area contributed by atoms with Crippen molar-refractivity contribution in [2.24, 2.45) is 0 Å². The zero-order chi connectivity index (χ0) is 13.4. The number of hydrogen-bond acceptors (Lipinski definition) is 5. The van der Waals surface area contributed by atoms with E-state index in [2.05, 4.69) is 15.1 Å². The van der Waals surface area contributed by atoms with Crippen LogP contribution in [0.3, 0.4) is 0 Å². The predicted octanol–water partition coefficient (Wildman–Crippen LogP) is 2.59. The monoisotopic (exact) mass is 271 g/mol. The molecule has 0 aliphatic heterocycles. The number of hydrogen-bond donors (Lipinski definition) is 1. The standard InChI is InChI=1S/C13H13N5S/c1-8-6-9(2)18(17-8)12-7-11(14)15-13(16-12)10-4-3-5-19-10/h3-7H,1-2H3,(H2,14,15,16). The van der Waals surface area contributed by atoms with Crippen LogP contribution in [0.15, 0.2) is 29.6 Å². The van der Waals surface area contributed by atoms with Crippen LogP contribution in [0.2, 0.25) is 0 Å². The highest BCUT2D eigenvalue weighted by atomic mass is 32.1. The van der Waals surface area contributed by atoms with Gasteiger partial charge in [0.05, 0.1) is 10.6 Å². The van der Waals surface area contributed by atoms with Crippen molar-refractivity contribution < 1.29 is 0 Å². The number of nitrogens with zero attached hydrogens (tertiary/aromatic N) is 4. The third-order valence-electron chi connectivity index (χ3n) is 2.70. The Morgan fingerprint density at radius 3 is 2.68 bits per heavy atom. The van der Waals surface area contributed by atoms with Gasteiger partial charge in [-0.15, -0.1) is 11.3 Å². The molecule has 0 radical (unpaired) electrons. The minimum absolute atomic E-state index is 0.445. The van der Waals surface area contributed by atoms with Gasteiger partial charge in [0.2, 0.25) is 0 Å². The normalized spacial score (nSPS) is 10.8. The van der Waals surface area contributed by atoms with Gasteiger partial charge in [0.25, 0.3) is 0 Å². The number of anilines is 1. The van der Waals surface area contributed by atoms with Crippen molar-refractivity contribution in [3.8, 4) is 16.5 Å². The van der Waals surface area contributed by atoms with Gasteiger partial charge in [0, 0.05) is 11.8 Å². The number of aryl methyl sites for hydroxylation is 2. The fourth-order valence-electron chi connectivity index (χ4n) is 1.94. The van der Waals surface area contributed by atoms with Crippen molar-refractivity contribution >= 4 is 17.2 Å². The summed E-state index contributed by atoms with van der Waals surface area (Å²) in [5.41, 5.74) is 7.84. The van der Waals surface area contributed by atoms with E-state index < -0.39 is 0 Å². The molecule has 0 aliphatic rings. The lowest BCUT2D eigenvalue weighted by Crippen LogP contribution is -2.05. The van der Waals surface area contributed by atoms with Crippen LogP contribution in [0.5, 0.6) is 0 Å². The Hall–Kier alpha value is -2.21. The maximum atomic E-state index is 5.87. The molecule has 0 spiro atoms. The van der Waals surface area contributed by atoms with Crippen molar-refractivity contribution in [3.05, 3.63) is 41.0 Å². The molecular formula is C13H13N5S. The van der Waals surface area contributed by atoms with Crippen molar-refractivity contribution in [1.82, 2.24) is 19.7 Å². The highest BCUT2D eigenvalue weighted by molar-refractivity contribution is 7.13. The van der Waals surface area contributed by atoms with E-state index in [0.717, 1.165) is 16.3 Å². The first-order chi connectivity index (χ1) is 9.13. The number of nitrogen functional groups attached to an aromatic ring is 1. The summed E-state index contributed by atoms with van der Waals surface area (Å²) in [7, 11) is 0. The van der Waals surface area contributed by atoms with E-state index in [-0.39, 0.29) is 0 Å². The Labute approximate surface area is 114 Å². The fourth-order valence-corrected chi connectivity index (χ4v) is 2.60. The van der Waals surface area contributed by atoms with Crippen molar-refractivity contribution in [2.45, 2.75) is 13.8 Å². The van der Waals surface area contributed by atoms with E-state index >= 15 is 0 Å². The minimum atomic E-state index is 0.445. The summed E-state index contributed by atoms with van der Waals surface area (Å²) in [6.07, 6.45) is 0. The molecule has 3 rings (SSSR count). The SMILES string of the molecule is Cc1cc(C)n(-c2cc(N)nc(-c3cccs3)n2)n1. The van der Waals surface area contributed by atoms with Crippen LogP contribution in [-0.4, -0.2) is 19.7 Å². The lowest BCUT2D eigenvalue weighted by Gasteiger charge is -2.06.